The van der Waals surface area contributed by atoms with Crippen LogP contribution in [-0.4, -0.2) is 22.0 Å². The molecule has 18 heavy (non-hydrogen) atoms. The van der Waals surface area contributed by atoms with Crippen molar-refractivity contribution in [1.82, 2.24) is 5.17 Å². The molecule has 0 bridgehead atoms. The highest BCUT2D eigenvalue weighted by Crippen LogP contribution is 2.18. The lowest BCUT2D eigenvalue weighted by Gasteiger charge is -2.12. The number of hydrogen-bond acceptors (Lipinski definition) is 7. The molecule has 0 aliphatic carbocycles. The number of carbonyl (C=O) groups is 2. The number of nitriles is 1. The van der Waals surface area contributed by atoms with Crippen LogP contribution in [-0.2, 0) is 9.63 Å². The van der Waals surface area contributed by atoms with Crippen LogP contribution in [0.15, 0.2) is 24.3 Å². The molecule has 2 N–H and O–H groups in total. The van der Waals surface area contributed by atoms with E-state index in [1.54, 1.807) is 0 Å². The fraction of sp³-hybridized carbons (Fsp3) is 0. The van der Waals surface area contributed by atoms with Gasteiger partial charge < -0.3 is 4.84 Å². The quantitative estimate of drug-likeness (QED) is 0.254. The van der Waals surface area contributed by atoms with Crippen molar-refractivity contribution in [3.63, 3.8) is 0 Å². The molecule has 0 heterocycles. The van der Waals surface area contributed by atoms with Gasteiger partial charge in [0.1, 0.15) is 5.56 Å². The third-order valence-electron chi connectivity index (χ3n) is 1.80. The predicted octanol–water partition coefficient (Wildman–Crippen LogP) is -0.108. The second kappa shape index (κ2) is 5.37. The average molecular weight is 250 g/mol. The standard InChI is InChI=1S/C9H6N4O5/c10-5-8(14)18-12(11)9(15)6-3-1-2-4-7(6)13(16)17/h1-4H,11H2. The Morgan fingerprint density at radius 1 is 1.44 bits per heavy atom. The molecule has 9 heteroatoms. The monoisotopic (exact) mass is 250 g/mol. The third-order valence-corrected chi connectivity index (χ3v) is 1.80. The predicted molar refractivity (Wildman–Crippen MR) is 55.2 cm³/mol. The first kappa shape index (κ1) is 13.1. The van der Waals surface area contributed by atoms with Crippen LogP contribution in [0, 0.1) is 21.4 Å². The van der Waals surface area contributed by atoms with E-state index >= 15 is 0 Å². The maximum Gasteiger partial charge on any atom is 0.436 e. The molecule has 92 valence electrons. The van der Waals surface area contributed by atoms with Gasteiger partial charge in [0.2, 0.25) is 0 Å². The Morgan fingerprint density at radius 3 is 2.61 bits per heavy atom. The number of nitrogens with two attached hydrogens (primary N) is 1. The molecule has 1 aromatic carbocycles. The topological polar surface area (TPSA) is 140 Å². The van der Waals surface area contributed by atoms with Gasteiger partial charge in [-0.2, -0.15) is 5.26 Å². The van der Waals surface area contributed by atoms with E-state index < -0.39 is 22.5 Å². The minimum atomic E-state index is -1.41. The van der Waals surface area contributed by atoms with Crippen LogP contribution in [0.1, 0.15) is 10.4 Å². The Hall–Kier alpha value is -2.99. The number of nitrogens with zero attached hydrogens (tertiary/aromatic N) is 3. The van der Waals surface area contributed by atoms with Crippen molar-refractivity contribution in [3.05, 3.63) is 39.9 Å². The van der Waals surface area contributed by atoms with Crippen molar-refractivity contribution in [2.24, 2.45) is 5.84 Å². The van der Waals surface area contributed by atoms with Gasteiger partial charge in [-0.25, -0.2) is 10.6 Å². The molecule has 0 spiro atoms. The second-order valence-corrected chi connectivity index (χ2v) is 2.90. The van der Waals surface area contributed by atoms with Gasteiger partial charge in [0.25, 0.3) is 5.69 Å². The van der Waals surface area contributed by atoms with Crippen LogP contribution in [0.25, 0.3) is 0 Å². The van der Waals surface area contributed by atoms with Crippen molar-refractivity contribution < 1.29 is 19.3 Å². The van der Waals surface area contributed by atoms with E-state index in [1.165, 1.54) is 12.1 Å². The van der Waals surface area contributed by atoms with Crippen LogP contribution >= 0.6 is 0 Å². The number of benzene rings is 1. The number of hydrazine groups is 1. The summed E-state index contributed by atoms with van der Waals surface area (Å²) in [5.41, 5.74) is -0.860. The number of carbonyl (C=O) groups excluding carboxylic acids is 2. The zero-order valence-electron chi connectivity index (χ0n) is 8.77. The average Bonchev–Trinajstić information content (AvgIpc) is 2.37. The first-order chi connectivity index (χ1) is 8.47. The SMILES string of the molecule is N#CC(=O)ON(N)C(=O)c1ccccc1[N+](=O)[O-]. The lowest BCUT2D eigenvalue weighted by Crippen LogP contribution is -2.39. The minimum absolute atomic E-state index is 0.0338. The molecule has 0 saturated carbocycles. The summed E-state index contributed by atoms with van der Waals surface area (Å²) >= 11 is 0. The van der Waals surface area contributed by atoms with Gasteiger partial charge in [0.15, 0.2) is 6.07 Å². The summed E-state index contributed by atoms with van der Waals surface area (Å²) in [4.78, 5) is 36.2. The highest BCUT2D eigenvalue weighted by Gasteiger charge is 2.25. The first-order valence-corrected chi connectivity index (χ1v) is 4.42. The number of para-hydroxylation sites is 1. The van der Waals surface area contributed by atoms with Crippen LogP contribution in [0.4, 0.5) is 5.69 Å². The molecular formula is C9H6N4O5. The van der Waals surface area contributed by atoms with Crippen molar-refractivity contribution >= 4 is 17.6 Å². The number of amides is 1. The zero-order chi connectivity index (χ0) is 13.7. The fourth-order valence-corrected chi connectivity index (χ4v) is 1.08. The summed E-state index contributed by atoms with van der Waals surface area (Å²) in [6.07, 6.45) is 0. The molecule has 0 saturated heterocycles. The Balaban J connectivity index is 3.01. The molecule has 0 fully saturated rings. The van der Waals surface area contributed by atoms with Crippen molar-refractivity contribution in [2.75, 3.05) is 0 Å². The number of rotatable bonds is 2. The van der Waals surface area contributed by atoms with Gasteiger partial charge in [-0.05, 0) is 6.07 Å². The normalized spacial score (nSPS) is 9.11. The molecule has 0 aliphatic rings. The van der Waals surface area contributed by atoms with Crippen molar-refractivity contribution in [2.45, 2.75) is 0 Å². The first-order valence-electron chi connectivity index (χ1n) is 4.42. The molecule has 0 radical (unpaired) electrons. The second-order valence-electron chi connectivity index (χ2n) is 2.90. The Kier molecular flexibility index (Phi) is 3.90. The summed E-state index contributed by atoms with van der Waals surface area (Å²) in [6.45, 7) is 0. The van der Waals surface area contributed by atoms with E-state index in [1.807, 2.05) is 0 Å². The lowest BCUT2D eigenvalue weighted by atomic mass is 10.2. The van der Waals surface area contributed by atoms with Crippen LogP contribution in [0.5, 0.6) is 0 Å². The highest BCUT2D eigenvalue weighted by atomic mass is 16.7. The van der Waals surface area contributed by atoms with Crippen molar-refractivity contribution in [3.8, 4) is 6.07 Å². The van der Waals surface area contributed by atoms with E-state index in [-0.39, 0.29) is 10.7 Å². The molecule has 1 rings (SSSR count). The maximum atomic E-state index is 11.6. The van der Waals surface area contributed by atoms with E-state index in [9.17, 15) is 19.7 Å². The Bertz CT molecular complexity index is 550. The van der Waals surface area contributed by atoms with Gasteiger partial charge in [0.05, 0.1) is 4.92 Å². The van der Waals surface area contributed by atoms with Gasteiger partial charge in [-0.15, -0.1) is 0 Å². The molecule has 1 aromatic rings. The molecule has 0 unspecified atom stereocenters. The summed E-state index contributed by atoms with van der Waals surface area (Å²) in [6, 6.07) is 6.03. The van der Waals surface area contributed by atoms with Gasteiger partial charge in [-0.3, -0.25) is 14.9 Å². The van der Waals surface area contributed by atoms with E-state index in [0.29, 0.717) is 0 Å². The highest BCUT2D eigenvalue weighted by molar-refractivity contribution is 5.98. The summed E-state index contributed by atoms with van der Waals surface area (Å²) in [5.74, 6) is 2.53. The summed E-state index contributed by atoms with van der Waals surface area (Å²) < 4.78 is 0. The lowest BCUT2D eigenvalue weighted by molar-refractivity contribution is -0.385. The maximum absolute atomic E-state index is 11.6. The van der Waals surface area contributed by atoms with E-state index in [2.05, 4.69) is 4.84 Å². The van der Waals surface area contributed by atoms with Crippen LogP contribution in [0.2, 0.25) is 0 Å². The molecule has 1 amide bonds. The summed E-state index contributed by atoms with van der Waals surface area (Å²) in [7, 11) is 0. The number of nitro groups is 1. The molecule has 9 nitrogen and oxygen atoms in total. The summed E-state index contributed by atoms with van der Waals surface area (Å²) in [5, 5.41) is 18.8. The molecule has 0 atom stereocenters. The van der Waals surface area contributed by atoms with Gasteiger partial charge >= 0.3 is 11.9 Å². The number of hydrogen-bond donors (Lipinski definition) is 1. The molecular weight excluding hydrogens is 244 g/mol. The van der Waals surface area contributed by atoms with Crippen LogP contribution < -0.4 is 5.84 Å². The fourth-order valence-electron chi connectivity index (χ4n) is 1.08. The van der Waals surface area contributed by atoms with E-state index in [4.69, 9.17) is 11.1 Å². The Labute approximate surface area is 100 Å². The largest absolute Gasteiger partial charge is 0.436 e. The van der Waals surface area contributed by atoms with E-state index in [0.717, 1.165) is 18.2 Å². The molecule has 0 aliphatic heterocycles. The van der Waals surface area contributed by atoms with Gasteiger partial charge in [0, 0.05) is 6.07 Å². The molecule has 0 aromatic heterocycles. The van der Waals surface area contributed by atoms with Crippen LogP contribution in [0.3, 0.4) is 0 Å². The third kappa shape index (κ3) is 2.77. The minimum Gasteiger partial charge on any atom is -0.307 e. The Morgan fingerprint density at radius 2 is 2.06 bits per heavy atom. The smallest absolute Gasteiger partial charge is 0.307 e. The van der Waals surface area contributed by atoms with Crippen molar-refractivity contribution in [1.29, 1.82) is 5.26 Å². The number of hydroxylamine groups is 1. The zero-order valence-corrected chi connectivity index (χ0v) is 8.77. The van der Waals surface area contributed by atoms with Gasteiger partial charge in [-0.1, -0.05) is 17.3 Å². The number of nitro benzene ring substituents is 1.